The summed E-state index contributed by atoms with van der Waals surface area (Å²) >= 11 is 0. The van der Waals surface area contributed by atoms with E-state index in [2.05, 4.69) is 4.90 Å². The molecular formula is C8H15NOS2. The van der Waals surface area contributed by atoms with E-state index in [9.17, 15) is 0 Å². The Morgan fingerprint density at radius 2 is 1.92 bits per heavy atom. The van der Waals surface area contributed by atoms with Crippen LogP contribution in [0.2, 0.25) is 0 Å². The molecule has 0 radical (unpaired) electrons. The van der Waals surface area contributed by atoms with Gasteiger partial charge in [-0.3, -0.25) is 0 Å². The molecule has 2 nitrogen and oxygen atoms in total. The highest BCUT2D eigenvalue weighted by molar-refractivity contribution is 8.76. The van der Waals surface area contributed by atoms with Gasteiger partial charge in [0, 0.05) is 31.1 Å². The van der Waals surface area contributed by atoms with Crippen LogP contribution in [0.5, 0.6) is 0 Å². The summed E-state index contributed by atoms with van der Waals surface area (Å²) in [5, 5.41) is 0. The number of hydrogen-bond acceptors (Lipinski definition) is 4. The summed E-state index contributed by atoms with van der Waals surface area (Å²) < 4.78 is 5.19. The lowest BCUT2D eigenvalue weighted by Gasteiger charge is -2.17. The van der Waals surface area contributed by atoms with Gasteiger partial charge in [-0.15, -0.1) is 0 Å². The van der Waals surface area contributed by atoms with Crippen LogP contribution in [0, 0.1) is 0 Å². The van der Waals surface area contributed by atoms with Crippen LogP contribution in [-0.4, -0.2) is 48.8 Å². The van der Waals surface area contributed by atoms with Gasteiger partial charge in [0.2, 0.25) is 0 Å². The quantitative estimate of drug-likeness (QED) is 0.512. The summed E-state index contributed by atoms with van der Waals surface area (Å²) in [5.74, 6) is 2.58. The second-order valence-corrected chi connectivity index (χ2v) is 5.93. The lowest BCUT2D eigenvalue weighted by Crippen LogP contribution is -2.28. The summed E-state index contributed by atoms with van der Waals surface area (Å²) in [6.07, 6.45) is 1.85. The van der Waals surface area contributed by atoms with E-state index in [-0.39, 0.29) is 0 Å². The van der Waals surface area contributed by atoms with Crippen LogP contribution < -0.4 is 0 Å². The molecule has 0 bridgehead atoms. The fourth-order valence-corrected chi connectivity index (χ4v) is 3.40. The van der Waals surface area contributed by atoms with E-state index in [4.69, 9.17) is 4.74 Å². The van der Waals surface area contributed by atoms with Gasteiger partial charge in [-0.05, 0) is 6.42 Å². The highest BCUT2D eigenvalue weighted by atomic mass is 33.1. The first kappa shape index (κ1) is 9.19. The molecule has 0 aromatic heterocycles. The number of nitrogens with zero attached hydrogens (tertiary/aromatic N) is 1. The van der Waals surface area contributed by atoms with Crippen LogP contribution in [0.3, 0.4) is 0 Å². The topological polar surface area (TPSA) is 15.8 Å². The van der Waals surface area contributed by atoms with E-state index in [1.165, 1.54) is 37.6 Å². The molecule has 2 aliphatic heterocycles. The largest absolute Gasteiger partial charge is 0.373 e. The van der Waals surface area contributed by atoms with Crippen molar-refractivity contribution in [3.8, 4) is 0 Å². The third-order valence-electron chi connectivity index (χ3n) is 2.23. The van der Waals surface area contributed by atoms with Crippen molar-refractivity contribution in [3.05, 3.63) is 0 Å². The summed E-state index contributed by atoms with van der Waals surface area (Å²) in [6.45, 7) is 4.79. The first-order valence-corrected chi connectivity index (χ1v) is 7.02. The molecule has 12 heavy (non-hydrogen) atoms. The van der Waals surface area contributed by atoms with Gasteiger partial charge in [-0.1, -0.05) is 21.6 Å². The van der Waals surface area contributed by atoms with Crippen molar-refractivity contribution in [3.63, 3.8) is 0 Å². The number of epoxide rings is 1. The summed E-state index contributed by atoms with van der Waals surface area (Å²) in [7, 11) is 4.03. The van der Waals surface area contributed by atoms with Crippen LogP contribution in [0.25, 0.3) is 0 Å². The van der Waals surface area contributed by atoms with Crippen LogP contribution in [0.4, 0.5) is 0 Å². The first-order chi connectivity index (χ1) is 5.95. The highest BCUT2D eigenvalue weighted by Crippen LogP contribution is 2.24. The third-order valence-corrected chi connectivity index (χ3v) is 4.60. The maximum atomic E-state index is 5.19. The molecule has 2 fully saturated rings. The van der Waals surface area contributed by atoms with Crippen molar-refractivity contribution < 1.29 is 4.74 Å². The number of hydrogen-bond donors (Lipinski definition) is 0. The Morgan fingerprint density at radius 1 is 1.25 bits per heavy atom. The molecule has 0 N–H and O–H groups in total. The maximum absolute atomic E-state index is 5.19. The monoisotopic (exact) mass is 205 g/mol. The van der Waals surface area contributed by atoms with Crippen molar-refractivity contribution in [2.24, 2.45) is 0 Å². The predicted molar refractivity (Wildman–Crippen MR) is 55.7 cm³/mol. The zero-order chi connectivity index (χ0) is 8.23. The minimum absolute atomic E-state index is 0.605. The van der Waals surface area contributed by atoms with Crippen LogP contribution in [-0.2, 0) is 4.74 Å². The van der Waals surface area contributed by atoms with Crippen molar-refractivity contribution in [1.29, 1.82) is 0 Å². The molecule has 2 heterocycles. The molecule has 0 amide bonds. The zero-order valence-electron chi connectivity index (χ0n) is 7.20. The Labute approximate surface area is 81.8 Å². The average molecular weight is 205 g/mol. The molecule has 4 heteroatoms. The molecule has 2 saturated heterocycles. The standard InChI is InChI=1S/C8H15NOS2/c1(8-7-10-8)2-9-3-5-11-12-6-4-9/h8H,1-7H2. The van der Waals surface area contributed by atoms with E-state index in [1.807, 2.05) is 21.6 Å². The molecule has 70 valence electrons. The molecule has 1 atom stereocenters. The van der Waals surface area contributed by atoms with E-state index in [1.54, 1.807) is 0 Å². The molecule has 0 aliphatic carbocycles. The van der Waals surface area contributed by atoms with Gasteiger partial charge in [0.1, 0.15) is 0 Å². The van der Waals surface area contributed by atoms with Crippen molar-refractivity contribution in [1.82, 2.24) is 4.90 Å². The molecule has 1 unspecified atom stereocenters. The molecular weight excluding hydrogens is 190 g/mol. The second kappa shape index (κ2) is 4.74. The predicted octanol–water partition coefficient (Wildman–Crippen LogP) is 1.47. The van der Waals surface area contributed by atoms with Crippen LogP contribution in [0.15, 0.2) is 0 Å². The maximum Gasteiger partial charge on any atom is 0.0822 e. The first-order valence-electron chi connectivity index (χ1n) is 4.53. The minimum atomic E-state index is 0.605. The fourth-order valence-electron chi connectivity index (χ4n) is 1.35. The molecule has 0 aromatic rings. The van der Waals surface area contributed by atoms with Crippen molar-refractivity contribution in [2.45, 2.75) is 12.5 Å². The third kappa shape index (κ3) is 3.17. The number of rotatable bonds is 3. The Morgan fingerprint density at radius 3 is 2.50 bits per heavy atom. The Bertz CT molecular complexity index is 133. The highest BCUT2D eigenvalue weighted by Gasteiger charge is 2.23. The van der Waals surface area contributed by atoms with E-state index in [0.29, 0.717) is 6.10 Å². The Balaban J connectivity index is 1.62. The molecule has 0 saturated carbocycles. The molecule has 2 rings (SSSR count). The molecule has 2 aliphatic rings. The van der Waals surface area contributed by atoms with Gasteiger partial charge in [0.05, 0.1) is 12.7 Å². The smallest absolute Gasteiger partial charge is 0.0822 e. The fraction of sp³-hybridized carbons (Fsp3) is 1.00. The van der Waals surface area contributed by atoms with Crippen LogP contribution >= 0.6 is 21.6 Å². The van der Waals surface area contributed by atoms with Gasteiger partial charge < -0.3 is 9.64 Å². The molecule has 0 spiro atoms. The van der Waals surface area contributed by atoms with Crippen LogP contribution in [0.1, 0.15) is 6.42 Å². The van der Waals surface area contributed by atoms with Gasteiger partial charge in [-0.2, -0.15) is 0 Å². The summed E-state index contributed by atoms with van der Waals surface area (Å²) in [6, 6.07) is 0. The summed E-state index contributed by atoms with van der Waals surface area (Å²) in [4.78, 5) is 2.56. The van der Waals surface area contributed by atoms with Gasteiger partial charge in [0.25, 0.3) is 0 Å². The van der Waals surface area contributed by atoms with E-state index in [0.717, 1.165) is 6.61 Å². The lowest BCUT2D eigenvalue weighted by molar-refractivity contribution is 0.284. The van der Waals surface area contributed by atoms with Gasteiger partial charge in [0.15, 0.2) is 0 Å². The zero-order valence-corrected chi connectivity index (χ0v) is 8.83. The lowest BCUT2D eigenvalue weighted by atomic mass is 10.3. The van der Waals surface area contributed by atoms with Crippen molar-refractivity contribution >= 4 is 21.6 Å². The van der Waals surface area contributed by atoms with E-state index >= 15 is 0 Å². The SMILES string of the molecule is C1CN(CCC2CO2)CCSS1. The van der Waals surface area contributed by atoms with Gasteiger partial charge in [-0.25, -0.2) is 0 Å². The Hall–Kier alpha value is 0.620. The molecule has 0 aromatic carbocycles. The average Bonchev–Trinajstić information content (AvgIpc) is 2.90. The minimum Gasteiger partial charge on any atom is -0.373 e. The second-order valence-electron chi connectivity index (χ2n) is 3.23. The normalized spacial score (nSPS) is 31.5. The van der Waals surface area contributed by atoms with Gasteiger partial charge >= 0.3 is 0 Å². The van der Waals surface area contributed by atoms with E-state index < -0.39 is 0 Å². The Kier molecular flexibility index (Phi) is 3.63. The summed E-state index contributed by atoms with van der Waals surface area (Å²) in [5.41, 5.74) is 0. The number of ether oxygens (including phenoxy) is 1. The van der Waals surface area contributed by atoms with Crippen molar-refractivity contribution in [2.75, 3.05) is 37.7 Å².